The lowest BCUT2D eigenvalue weighted by Gasteiger charge is -2.22. The molecule has 0 saturated carbocycles. The average Bonchev–Trinajstić information content (AvgIpc) is 2.84. The zero-order valence-corrected chi connectivity index (χ0v) is 11.9. The van der Waals surface area contributed by atoms with Crippen LogP contribution in [0.2, 0.25) is 5.15 Å². The van der Waals surface area contributed by atoms with Gasteiger partial charge in [-0.05, 0) is 33.1 Å². The number of nitrogens with zero attached hydrogens (tertiary/aromatic N) is 2. The Morgan fingerprint density at radius 1 is 1.61 bits per heavy atom. The number of ether oxygens (including phenoxy) is 1. The van der Waals surface area contributed by atoms with Crippen molar-refractivity contribution in [3.63, 3.8) is 0 Å². The summed E-state index contributed by atoms with van der Waals surface area (Å²) in [5.74, 6) is 5.65. The summed E-state index contributed by atoms with van der Waals surface area (Å²) in [7, 11) is 1.85. The second kappa shape index (κ2) is 5.57. The first-order chi connectivity index (χ1) is 8.52. The molecule has 3 N–H and O–H groups in total. The predicted octanol–water partition coefficient (Wildman–Crippen LogP) is 1.32. The summed E-state index contributed by atoms with van der Waals surface area (Å²) >= 11 is 6.24. The molecule has 1 aliphatic heterocycles. The molecule has 2 heterocycles. The third kappa shape index (κ3) is 2.69. The van der Waals surface area contributed by atoms with Gasteiger partial charge in [-0.15, -0.1) is 0 Å². The number of rotatable bonds is 4. The Balaban J connectivity index is 2.10. The fourth-order valence-corrected chi connectivity index (χ4v) is 2.80. The van der Waals surface area contributed by atoms with Gasteiger partial charge < -0.3 is 4.74 Å². The fourth-order valence-electron chi connectivity index (χ4n) is 2.55. The number of nitrogens with one attached hydrogen (secondary N) is 1. The maximum atomic E-state index is 6.24. The number of hydrazine groups is 1. The molecule has 0 amide bonds. The van der Waals surface area contributed by atoms with Crippen LogP contribution >= 0.6 is 11.6 Å². The van der Waals surface area contributed by atoms with E-state index in [1.807, 2.05) is 14.0 Å². The highest BCUT2D eigenvalue weighted by Crippen LogP contribution is 2.26. The van der Waals surface area contributed by atoms with E-state index < -0.39 is 0 Å². The molecule has 102 valence electrons. The minimum absolute atomic E-state index is 0.0790. The van der Waals surface area contributed by atoms with Crippen molar-refractivity contribution in [2.24, 2.45) is 12.9 Å². The van der Waals surface area contributed by atoms with Gasteiger partial charge in [0.25, 0.3) is 0 Å². The van der Waals surface area contributed by atoms with Gasteiger partial charge in [-0.3, -0.25) is 16.0 Å². The number of aromatic nitrogens is 2. The van der Waals surface area contributed by atoms with Crippen LogP contribution < -0.4 is 11.3 Å². The molecule has 1 fully saturated rings. The molecule has 6 heteroatoms. The first kappa shape index (κ1) is 13.8. The highest BCUT2D eigenvalue weighted by Gasteiger charge is 2.30. The van der Waals surface area contributed by atoms with Crippen molar-refractivity contribution in [2.45, 2.75) is 51.4 Å². The first-order valence-electron chi connectivity index (χ1n) is 6.32. The van der Waals surface area contributed by atoms with E-state index in [2.05, 4.69) is 17.4 Å². The van der Waals surface area contributed by atoms with E-state index in [0.717, 1.165) is 30.5 Å². The quantitative estimate of drug-likeness (QED) is 0.641. The second-order valence-corrected chi connectivity index (χ2v) is 5.38. The number of hydrogen-bond donors (Lipinski definition) is 2. The van der Waals surface area contributed by atoms with Crippen molar-refractivity contribution in [3.8, 4) is 0 Å². The second-order valence-electron chi connectivity index (χ2n) is 5.02. The predicted molar refractivity (Wildman–Crippen MR) is 71.3 cm³/mol. The van der Waals surface area contributed by atoms with Crippen LogP contribution in [0.4, 0.5) is 0 Å². The minimum Gasteiger partial charge on any atom is -0.374 e. The molecule has 1 aliphatic rings. The van der Waals surface area contributed by atoms with Gasteiger partial charge in [0.15, 0.2) is 0 Å². The van der Waals surface area contributed by atoms with Gasteiger partial charge in [0.05, 0.1) is 23.9 Å². The van der Waals surface area contributed by atoms with Crippen LogP contribution in [0.5, 0.6) is 0 Å². The molecule has 0 radical (unpaired) electrons. The number of halogens is 1. The first-order valence-corrected chi connectivity index (χ1v) is 6.70. The SMILES string of the molecule is Cc1nn(C)c(Cl)c1CC(NN)C1CCC(C)O1. The van der Waals surface area contributed by atoms with Crippen molar-refractivity contribution in [2.75, 3.05) is 0 Å². The van der Waals surface area contributed by atoms with Gasteiger partial charge in [-0.25, -0.2) is 0 Å². The monoisotopic (exact) mass is 272 g/mol. The highest BCUT2D eigenvalue weighted by atomic mass is 35.5. The molecule has 1 aromatic rings. The molecule has 0 spiro atoms. The van der Waals surface area contributed by atoms with E-state index in [0.29, 0.717) is 11.3 Å². The van der Waals surface area contributed by atoms with Gasteiger partial charge in [-0.1, -0.05) is 11.6 Å². The molecule has 2 rings (SSSR count). The molecular formula is C12H21ClN4O. The number of aryl methyl sites for hydroxylation is 2. The van der Waals surface area contributed by atoms with Crippen molar-refractivity contribution in [1.82, 2.24) is 15.2 Å². The van der Waals surface area contributed by atoms with Crippen LogP contribution in [-0.2, 0) is 18.2 Å². The van der Waals surface area contributed by atoms with Gasteiger partial charge in [0, 0.05) is 12.6 Å². The van der Waals surface area contributed by atoms with Crippen molar-refractivity contribution in [1.29, 1.82) is 0 Å². The van der Waals surface area contributed by atoms with Crippen LogP contribution in [0.15, 0.2) is 0 Å². The van der Waals surface area contributed by atoms with E-state index in [1.165, 1.54) is 0 Å². The molecule has 5 nitrogen and oxygen atoms in total. The van der Waals surface area contributed by atoms with Gasteiger partial charge in [-0.2, -0.15) is 5.10 Å². The third-order valence-electron chi connectivity index (χ3n) is 3.62. The summed E-state index contributed by atoms with van der Waals surface area (Å²) in [5.41, 5.74) is 4.86. The van der Waals surface area contributed by atoms with Crippen LogP contribution in [0.3, 0.4) is 0 Å². The summed E-state index contributed by atoms with van der Waals surface area (Å²) in [6.07, 6.45) is 3.33. The lowest BCUT2D eigenvalue weighted by molar-refractivity contribution is 0.0320. The Morgan fingerprint density at radius 2 is 2.33 bits per heavy atom. The average molecular weight is 273 g/mol. The maximum absolute atomic E-state index is 6.24. The fraction of sp³-hybridized carbons (Fsp3) is 0.750. The molecule has 0 aromatic carbocycles. The van der Waals surface area contributed by atoms with Crippen LogP contribution in [0, 0.1) is 6.92 Å². The van der Waals surface area contributed by atoms with Crippen molar-refractivity contribution in [3.05, 3.63) is 16.4 Å². The van der Waals surface area contributed by atoms with E-state index in [4.69, 9.17) is 22.2 Å². The van der Waals surface area contributed by atoms with E-state index in [1.54, 1.807) is 4.68 Å². The zero-order chi connectivity index (χ0) is 13.3. The molecule has 1 saturated heterocycles. The molecule has 18 heavy (non-hydrogen) atoms. The van der Waals surface area contributed by atoms with Crippen LogP contribution in [0.25, 0.3) is 0 Å². The zero-order valence-electron chi connectivity index (χ0n) is 11.1. The molecular weight excluding hydrogens is 252 g/mol. The Bertz CT molecular complexity index is 420. The molecule has 1 aromatic heterocycles. The van der Waals surface area contributed by atoms with Gasteiger partial charge in [0.1, 0.15) is 5.15 Å². The highest BCUT2D eigenvalue weighted by molar-refractivity contribution is 6.30. The topological polar surface area (TPSA) is 65.1 Å². The summed E-state index contributed by atoms with van der Waals surface area (Å²) in [6.45, 7) is 4.06. The Morgan fingerprint density at radius 3 is 2.78 bits per heavy atom. The smallest absolute Gasteiger partial charge is 0.130 e. The standard InChI is InChI=1S/C12H21ClN4O/c1-7-4-5-11(18-7)10(15-14)6-9-8(2)16-17(3)12(9)13/h7,10-11,15H,4-6,14H2,1-3H3. The normalized spacial score (nSPS) is 25.6. The number of hydrogen-bond acceptors (Lipinski definition) is 4. The summed E-state index contributed by atoms with van der Waals surface area (Å²) in [6, 6.07) is 0.0790. The molecule has 3 unspecified atom stereocenters. The Kier molecular flexibility index (Phi) is 4.27. The Hall–Kier alpha value is -0.620. The van der Waals surface area contributed by atoms with E-state index >= 15 is 0 Å². The van der Waals surface area contributed by atoms with Crippen molar-refractivity contribution >= 4 is 11.6 Å². The third-order valence-corrected chi connectivity index (χ3v) is 4.09. The van der Waals surface area contributed by atoms with Crippen LogP contribution in [-0.4, -0.2) is 28.0 Å². The van der Waals surface area contributed by atoms with E-state index in [-0.39, 0.29) is 12.1 Å². The largest absolute Gasteiger partial charge is 0.374 e. The van der Waals surface area contributed by atoms with Crippen molar-refractivity contribution < 1.29 is 4.74 Å². The summed E-state index contributed by atoms with van der Waals surface area (Å²) in [4.78, 5) is 0. The van der Waals surface area contributed by atoms with Crippen LogP contribution in [0.1, 0.15) is 31.0 Å². The maximum Gasteiger partial charge on any atom is 0.130 e. The lowest BCUT2D eigenvalue weighted by Crippen LogP contribution is -2.45. The molecule has 3 atom stereocenters. The van der Waals surface area contributed by atoms with Gasteiger partial charge >= 0.3 is 0 Å². The van der Waals surface area contributed by atoms with Gasteiger partial charge in [0.2, 0.25) is 0 Å². The Labute approximate surface area is 113 Å². The minimum atomic E-state index is 0.0790. The summed E-state index contributed by atoms with van der Waals surface area (Å²) < 4.78 is 7.55. The number of nitrogens with two attached hydrogens (primary N) is 1. The van der Waals surface area contributed by atoms with E-state index in [9.17, 15) is 0 Å². The summed E-state index contributed by atoms with van der Waals surface area (Å²) in [5, 5.41) is 4.99. The lowest BCUT2D eigenvalue weighted by atomic mass is 10.0. The molecule has 0 bridgehead atoms. The molecule has 0 aliphatic carbocycles.